The van der Waals surface area contributed by atoms with Gasteiger partial charge >= 0.3 is 0 Å². The second-order valence-corrected chi connectivity index (χ2v) is 9.81. The van der Waals surface area contributed by atoms with E-state index in [9.17, 15) is 9.59 Å². The number of nitrogens with one attached hydrogen (secondary N) is 1. The highest BCUT2D eigenvalue weighted by Gasteiger charge is 2.37. The summed E-state index contributed by atoms with van der Waals surface area (Å²) in [5.74, 6) is 0.572. The van der Waals surface area contributed by atoms with Crippen molar-refractivity contribution in [1.82, 2.24) is 9.78 Å². The number of aromatic nitrogens is 2. The van der Waals surface area contributed by atoms with E-state index in [4.69, 9.17) is 9.84 Å². The lowest BCUT2D eigenvalue weighted by Gasteiger charge is -2.23. The Kier molecular flexibility index (Phi) is 5.67. The van der Waals surface area contributed by atoms with E-state index >= 15 is 0 Å². The number of carbonyl (C=O) groups is 2. The molecule has 1 fully saturated rings. The molecule has 2 aromatic rings. The molecule has 7 heteroatoms. The molecule has 1 aromatic carbocycles. The van der Waals surface area contributed by atoms with Gasteiger partial charge in [-0.15, -0.1) is 0 Å². The summed E-state index contributed by atoms with van der Waals surface area (Å²) in [6.07, 6.45) is 0.166. The van der Waals surface area contributed by atoms with Crippen LogP contribution in [0, 0.1) is 5.92 Å². The first-order valence-corrected chi connectivity index (χ1v) is 10.3. The van der Waals surface area contributed by atoms with E-state index in [1.807, 2.05) is 55.8 Å². The quantitative estimate of drug-likeness (QED) is 0.825. The fourth-order valence-electron chi connectivity index (χ4n) is 3.55. The van der Waals surface area contributed by atoms with E-state index in [-0.39, 0.29) is 29.2 Å². The molecule has 2 heterocycles. The minimum Gasteiger partial charge on any atom is -0.495 e. The van der Waals surface area contributed by atoms with E-state index in [0.717, 1.165) is 5.69 Å². The average Bonchev–Trinajstić information content (AvgIpc) is 3.25. The molecule has 1 aromatic heterocycles. The van der Waals surface area contributed by atoms with Crippen LogP contribution >= 0.6 is 0 Å². The second-order valence-electron chi connectivity index (χ2n) is 9.81. The lowest BCUT2D eigenvalue weighted by atomic mass is 9.92. The third-order valence-electron chi connectivity index (χ3n) is 5.24. The van der Waals surface area contributed by atoms with Crippen molar-refractivity contribution in [1.29, 1.82) is 0 Å². The van der Waals surface area contributed by atoms with Crippen LogP contribution in [-0.2, 0) is 20.5 Å². The van der Waals surface area contributed by atoms with Crippen molar-refractivity contribution in [2.45, 2.75) is 58.9 Å². The van der Waals surface area contributed by atoms with Gasteiger partial charge in [0.1, 0.15) is 11.6 Å². The first-order valence-electron chi connectivity index (χ1n) is 10.3. The SMILES string of the molecule is COc1ccccc1N1CC(C(=O)Nc2cc(C(C)(C)C)nn2C(C)(C)C)CC1=O. The van der Waals surface area contributed by atoms with Crippen molar-refractivity contribution in [3.05, 3.63) is 36.0 Å². The molecule has 7 nitrogen and oxygen atoms in total. The summed E-state index contributed by atoms with van der Waals surface area (Å²) in [4.78, 5) is 27.3. The normalized spacial score (nSPS) is 17.4. The van der Waals surface area contributed by atoms with E-state index in [1.165, 1.54) is 0 Å². The summed E-state index contributed by atoms with van der Waals surface area (Å²) < 4.78 is 7.23. The summed E-state index contributed by atoms with van der Waals surface area (Å²) >= 11 is 0. The fraction of sp³-hybridized carbons (Fsp3) is 0.522. The number of rotatable bonds is 4. The maximum atomic E-state index is 13.1. The maximum Gasteiger partial charge on any atom is 0.230 e. The molecule has 1 atom stereocenters. The highest BCUT2D eigenvalue weighted by Crippen LogP contribution is 2.34. The minimum absolute atomic E-state index is 0.0839. The van der Waals surface area contributed by atoms with E-state index in [1.54, 1.807) is 12.0 Å². The Morgan fingerprint density at radius 3 is 2.43 bits per heavy atom. The summed E-state index contributed by atoms with van der Waals surface area (Å²) in [5, 5.41) is 7.76. The number of benzene rings is 1. The van der Waals surface area contributed by atoms with Crippen molar-refractivity contribution >= 4 is 23.3 Å². The zero-order valence-corrected chi connectivity index (χ0v) is 18.9. The number of methoxy groups -OCH3 is 1. The zero-order valence-electron chi connectivity index (χ0n) is 18.9. The standard InChI is InChI=1S/C23H32N4O3/c1-22(2,3)18-13-19(27(25-18)23(4,5)6)24-21(29)15-12-20(28)26(14-15)16-10-8-9-11-17(16)30-7/h8-11,13,15H,12,14H2,1-7H3,(H,24,29). The van der Waals surface area contributed by atoms with Gasteiger partial charge in [-0.05, 0) is 32.9 Å². The van der Waals surface area contributed by atoms with Gasteiger partial charge in [-0.2, -0.15) is 5.10 Å². The van der Waals surface area contributed by atoms with E-state index < -0.39 is 5.92 Å². The number of hydrogen-bond donors (Lipinski definition) is 1. The molecular formula is C23H32N4O3. The fourth-order valence-corrected chi connectivity index (χ4v) is 3.55. The lowest BCUT2D eigenvalue weighted by Crippen LogP contribution is -2.31. The Balaban J connectivity index is 1.82. The molecule has 2 amide bonds. The Hall–Kier alpha value is -2.83. The largest absolute Gasteiger partial charge is 0.495 e. The van der Waals surface area contributed by atoms with Gasteiger partial charge in [0.2, 0.25) is 11.8 Å². The monoisotopic (exact) mass is 412 g/mol. The van der Waals surface area contributed by atoms with Crippen LogP contribution in [-0.4, -0.2) is 35.2 Å². The van der Waals surface area contributed by atoms with Crippen LogP contribution in [0.5, 0.6) is 5.75 Å². The van der Waals surface area contributed by atoms with Gasteiger partial charge in [0.15, 0.2) is 0 Å². The molecule has 1 saturated heterocycles. The molecule has 1 aliphatic heterocycles. The van der Waals surface area contributed by atoms with Crippen molar-refractivity contribution in [3.8, 4) is 5.75 Å². The van der Waals surface area contributed by atoms with Gasteiger partial charge < -0.3 is 15.0 Å². The Morgan fingerprint density at radius 1 is 1.17 bits per heavy atom. The number of para-hydroxylation sites is 2. The maximum absolute atomic E-state index is 13.1. The van der Waals surface area contributed by atoms with Crippen molar-refractivity contribution in [3.63, 3.8) is 0 Å². The molecule has 1 unspecified atom stereocenters. The molecule has 0 spiro atoms. The predicted molar refractivity (Wildman–Crippen MR) is 118 cm³/mol. The number of nitrogens with zero attached hydrogens (tertiary/aromatic N) is 3. The van der Waals surface area contributed by atoms with Gasteiger partial charge in [0.05, 0.1) is 29.9 Å². The molecule has 1 aliphatic rings. The Bertz CT molecular complexity index is 950. The Labute approximate surface area is 178 Å². The average molecular weight is 413 g/mol. The highest BCUT2D eigenvalue weighted by molar-refractivity contribution is 6.04. The van der Waals surface area contributed by atoms with E-state index in [0.29, 0.717) is 23.8 Å². The van der Waals surface area contributed by atoms with Gasteiger partial charge in [-0.3, -0.25) is 9.59 Å². The van der Waals surface area contributed by atoms with Crippen molar-refractivity contribution in [2.24, 2.45) is 5.92 Å². The number of hydrogen-bond acceptors (Lipinski definition) is 4. The number of amides is 2. The number of ether oxygens (including phenoxy) is 1. The van der Waals surface area contributed by atoms with Crippen LogP contribution in [0.15, 0.2) is 30.3 Å². The van der Waals surface area contributed by atoms with Crippen LogP contribution in [0.2, 0.25) is 0 Å². The van der Waals surface area contributed by atoms with Crippen LogP contribution < -0.4 is 15.0 Å². The molecule has 0 radical (unpaired) electrons. The van der Waals surface area contributed by atoms with Gasteiger partial charge in [-0.25, -0.2) is 4.68 Å². The molecule has 3 rings (SSSR count). The molecule has 0 bridgehead atoms. The molecule has 162 valence electrons. The lowest BCUT2D eigenvalue weighted by molar-refractivity contribution is -0.122. The van der Waals surface area contributed by atoms with Crippen LogP contribution in [0.1, 0.15) is 53.7 Å². The van der Waals surface area contributed by atoms with Crippen molar-refractivity contribution in [2.75, 3.05) is 23.9 Å². The topological polar surface area (TPSA) is 76.5 Å². The third kappa shape index (κ3) is 4.35. The number of carbonyl (C=O) groups excluding carboxylic acids is 2. The zero-order chi connectivity index (χ0) is 22.3. The first kappa shape index (κ1) is 21.9. The van der Waals surface area contributed by atoms with Gasteiger partial charge in [0, 0.05) is 24.4 Å². The summed E-state index contributed by atoms with van der Waals surface area (Å²) in [7, 11) is 1.57. The smallest absolute Gasteiger partial charge is 0.230 e. The molecule has 1 N–H and O–H groups in total. The third-order valence-corrected chi connectivity index (χ3v) is 5.24. The van der Waals surface area contributed by atoms with Crippen LogP contribution in [0.4, 0.5) is 11.5 Å². The van der Waals surface area contributed by atoms with Gasteiger partial charge in [0.25, 0.3) is 0 Å². The molecule has 0 aliphatic carbocycles. The molecular weight excluding hydrogens is 380 g/mol. The Morgan fingerprint density at radius 2 is 1.83 bits per heavy atom. The summed E-state index contributed by atoms with van der Waals surface area (Å²) in [5.41, 5.74) is 1.17. The molecule has 0 saturated carbocycles. The first-order chi connectivity index (χ1) is 13.9. The van der Waals surface area contributed by atoms with Crippen molar-refractivity contribution < 1.29 is 14.3 Å². The molecule has 30 heavy (non-hydrogen) atoms. The minimum atomic E-state index is -0.441. The highest BCUT2D eigenvalue weighted by atomic mass is 16.5. The summed E-state index contributed by atoms with van der Waals surface area (Å²) in [6.45, 7) is 12.7. The predicted octanol–water partition coefficient (Wildman–Crippen LogP) is 3.94. The number of anilines is 2. The van der Waals surface area contributed by atoms with Gasteiger partial charge in [-0.1, -0.05) is 32.9 Å². The van der Waals surface area contributed by atoms with Crippen LogP contribution in [0.3, 0.4) is 0 Å². The van der Waals surface area contributed by atoms with Crippen LogP contribution in [0.25, 0.3) is 0 Å². The van der Waals surface area contributed by atoms with E-state index in [2.05, 4.69) is 26.1 Å². The summed E-state index contributed by atoms with van der Waals surface area (Å²) in [6, 6.07) is 9.28. The second kappa shape index (κ2) is 7.78.